The minimum atomic E-state index is -4.28. The summed E-state index contributed by atoms with van der Waals surface area (Å²) in [6.45, 7) is 0.178. The quantitative estimate of drug-likeness (QED) is 0.335. The molecule has 21 heavy (non-hydrogen) atoms. The van der Waals surface area contributed by atoms with Gasteiger partial charge in [-0.3, -0.25) is 0 Å². The summed E-state index contributed by atoms with van der Waals surface area (Å²) in [7, 11) is 0. The third-order valence-electron chi connectivity index (χ3n) is 2.44. The predicted molar refractivity (Wildman–Crippen MR) is 83.7 cm³/mol. The highest BCUT2D eigenvalue weighted by Gasteiger charge is 2.23. The van der Waals surface area contributed by atoms with Gasteiger partial charge in [0, 0.05) is 11.1 Å². The molecule has 0 radical (unpaired) electrons. The molecule has 0 amide bonds. The van der Waals surface area contributed by atoms with E-state index >= 15 is 0 Å². The second-order valence-corrected chi connectivity index (χ2v) is 6.05. The maximum atomic E-state index is 12.0. The normalized spacial score (nSPS) is 12.3. The van der Waals surface area contributed by atoms with E-state index in [-0.39, 0.29) is 16.3 Å². The number of carbonyl (C=O) groups excluding carboxylic acids is 1. The molecule has 0 aromatic heterocycles. The molecule has 0 spiro atoms. The molecule has 0 aliphatic heterocycles. The SMILES string of the molecule is O=C(OCCCC/C(I)=C\C(F)(F)F)c1ccc(Cl)cc1. The number of unbranched alkanes of at least 4 members (excludes halogenated alkanes) is 1. The third kappa shape index (κ3) is 8.31. The number of hydrogen-bond acceptors (Lipinski definition) is 2. The predicted octanol–water partition coefficient (Wildman–Crippen LogP) is 5.55. The summed E-state index contributed by atoms with van der Waals surface area (Å²) in [5, 5.41) is 0.526. The number of alkyl halides is 3. The zero-order valence-corrected chi connectivity index (χ0v) is 13.8. The Labute approximate surface area is 139 Å². The average molecular weight is 433 g/mol. The number of allylic oxidation sites excluding steroid dienone is 2. The number of rotatable bonds is 6. The number of hydrogen-bond donors (Lipinski definition) is 0. The van der Waals surface area contributed by atoms with Gasteiger partial charge in [0.1, 0.15) is 0 Å². The van der Waals surface area contributed by atoms with Gasteiger partial charge in [0.2, 0.25) is 0 Å². The number of ether oxygens (including phenoxy) is 1. The summed E-state index contributed by atoms with van der Waals surface area (Å²) >= 11 is 7.36. The van der Waals surface area contributed by atoms with Crippen molar-refractivity contribution in [3.63, 3.8) is 0 Å². The zero-order chi connectivity index (χ0) is 15.9. The molecule has 0 unspecified atom stereocenters. The van der Waals surface area contributed by atoms with Crippen LogP contribution in [0.3, 0.4) is 0 Å². The fourth-order valence-corrected chi connectivity index (χ4v) is 2.34. The maximum Gasteiger partial charge on any atom is 0.410 e. The van der Waals surface area contributed by atoms with Gasteiger partial charge in [-0.1, -0.05) is 11.6 Å². The van der Waals surface area contributed by atoms with Crippen molar-refractivity contribution in [1.29, 1.82) is 0 Å². The topological polar surface area (TPSA) is 26.3 Å². The highest BCUT2D eigenvalue weighted by molar-refractivity contribution is 14.1. The first-order valence-corrected chi connectivity index (χ1v) is 7.60. The van der Waals surface area contributed by atoms with Crippen molar-refractivity contribution < 1.29 is 22.7 Å². The largest absolute Gasteiger partial charge is 0.462 e. The van der Waals surface area contributed by atoms with E-state index in [0.717, 1.165) is 0 Å². The summed E-state index contributed by atoms with van der Waals surface area (Å²) in [5.41, 5.74) is 0.394. The standard InChI is InChI=1S/C14H13ClF3IO2/c15-11-6-4-10(5-7-11)13(20)21-8-2-1-3-12(19)9-14(16,17)18/h4-7,9H,1-3,8H2/b12-9+. The molecule has 0 saturated heterocycles. The Morgan fingerprint density at radius 1 is 1.24 bits per heavy atom. The molecular weight excluding hydrogens is 420 g/mol. The molecule has 1 aromatic carbocycles. The van der Waals surface area contributed by atoms with Crippen LogP contribution in [0.25, 0.3) is 0 Å². The highest BCUT2D eigenvalue weighted by atomic mass is 127. The van der Waals surface area contributed by atoms with E-state index in [1.807, 2.05) is 0 Å². The minimum Gasteiger partial charge on any atom is -0.462 e. The van der Waals surface area contributed by atoms with E-state index in [1.54, 1.807) is 46.9 Å². The number of benzene rings is 1. The van der Waals surface area contributed by atoms with Crippen LogP contribution in [0.2, 0.25) is 5.02 Å². The molecule has 116 valence electrons. The molecule has 0 N–H and O–H groups in total. The first-order chi connectivity index (χ1) is 9.78. The van der Waals surface area contributed by atoms with Gasteiger partial charge >= 0.3 is 12.1 Å². The lowest BCUT2D eigenvalue weighted by Crippen LogP contribution is -2.06. The lowest BCUT2D eigenvalue weighted by molar-refractivity contribution is -0.0801. The Morgan fingerprint density at radius 3 is 2.43 bits per heavy atom. The summed E-state index contributed by atoms with van der Waals surface area (Å²) in [6.07, 6.45) is -2.64. The maximum absolute atomic E-state index is 12.0. The van der Waals surface area contributed by atoms with Crippen LogP contribution in [-0.4, -0.2) is 18.8 Å². The molecule has 0 fully saturated rings. The van der Waals surface area contributed by atoms with Crippen molar-refractivity contribution >= 4 is 40.2 Å². The Kier molecular flexibility index (Phi) is 7.51. The van der Waals surface area contributed by atoms with Gasteiger partial charge < -0.3 is 4.74 Å². The molecule has 0 aliphatic rings. The zero-order valence-electron chi connectivity index (χ0n) is 10.9. The molecule has 7 heteroatoms. The van der Waals surface area contributed by atoms with Crippen molar-refractivity contribution in [2.75, 3.05) is 6.61 Å². The van der Waals surface area contributed by atoms with Crippen LogP contribution >= 0.6 is 34.2 Å². The summed E-state index contributed by atoms with van der Waals surface area (Å²) in [4.78, 5) is 11.6. The summed E-state index contributed by atoms with van der Waals surface area (Å²) < 4.78 is 41.4. The Bertz CT molecular complexity index is 498. The van der Waals surface area contributed by atoms with E-state index in [2.05, 4.69) is 0 Å². The lowest BCUT2D eigenvalue weighted by Gasteiger charge is -2.05. The smallest absolute Gasteiger partial charge is 0.410 e. The monoisotopic (exact) mass is 432 g/mol. The van der Waals surface area contributed by atoms with E-state index in [9.17, 15) is 18.0 Å². The van der Waals surface area contributed by atoms with E-state index < -0.39 is 12.1 Å². The van der Waals surface area contributed by atoms with Gasteiger partial charge in [-0.2, -0.15) is 13.2 Å². The number of carbonyl (C=O) groups is 1. The van der Waals surface area contributed by atoms with Crippen LogP contribution in [0, 0.1) is 0 Å². The van der Waals surface area contributed by atoms with Crippen LogP contribution in [0.4, 0.5) is 13.2 Å². The molecule has 0 heterocycles. The number of halogens is 5. The van der Waals surface area contributed by atoms with Crippen LogP contribution in [0.5, 0.6) is 0 Å². The van der Waals surface area contributed by atoms with Gasteiger partial charge in [-0.15, -0.1) is 0 Å². The molecule has 1 rings (SSSR count). The first-order valence-electron chi connectivity index (χ1n) is 6.14. The first kappa shape index (κ1) is 18.3. The van der Waals surface area contributed by atoms with Crippen molar-refractivity contribution in [1.82, 2.24) is 0 Å². The van der Waals surface area contributed by atoms with Gasteiger partial charge in [0.25, 0.3) is 0 Å². The molecule has 1 aromatic rings. The van der Waals surface area contributed by atoms with Crippen molar-refractivity contribution in [3.05, 3.63) is 44.5 Å². The molecule has 2 nitrogen and oxygen atoms in total. The molecular formula is C14H13ClF3IO2. The summed E-state index contributed by atoms with van der Waals surface area (Å²) in [5.74, 6) is -0.466. The minimum absolute atomic E-state index is 0.178. The molecule has 0 aliphatic carbocycles. The molecule has 0 saturated carbocycles. The molecule has 0 atom stereocenters. The Hall–Kier alpha value is -0.760. The Morgan fingerprint density at radius 2 is 1.86 bits per heavy atom. The van der Waals surface area contributed by atoms with Crippen LogP contribution < -0.4 is 0 Å². The van der Waals surface area contributed by atoms with Gasteiger partial charge in [-0.05, 0) is 69.7 Å². The van der Waals surface area contributed by atoms with Gasteiger partial charge in [0.15, 0.2) is 0 Å². The van der Waals surface area contributed by atoms with Crippen molar-refractivity contribution in [2.45, 2.75) is 25.4 Å². The van der Waals surface area contributed by atoms with E-state index in [1.165, 1.54) is 0 Å². The average Bonchev–Trinajstić information content (AvgIpc) is 2.36. The van der Waals surface area contributed by atoms with Crippen LogP contribution in [-0.2, 0) is 4.74 Å². The molecule has 0 bridgehead atoms. The highest BCUT2D eigenvalue weighted by Crippen LogP contribution is 2.24. The third-order valence-corrected chi connectivity index (χ3v) is 3.55. The summed E-state index contributed by atoms with van der Waals surface area (Å²) in [6, 6.07) is 6.28. The fourth-order valence-electron chi connectivity index (χ4n) is 1.48. The van der Waals surface area contributed by atoms with E-state index in [4.69, 9.17) is 16.3 Å². The number of esters is 1. The van der Waals surface area contributed by atoms with E-state index in [0.29, 0.717) is 29.8 Å². The van der Waals surface area contributed by atoms with Gasteiger partial charge in [-0.25, -0.2) is 4.79 Å². The van der Waals surface area contributed by atoms with Crippen LogP contribution in [0.15, 0.2) is 33.9 Å². The van der Waals surface area contributed by atoms with Crippen molar-refractivity contribution in [3.8, 4) is 0 Å². The Balaban J connectivity index is 2.24. The second-order valence-electron chi connectivity index (χ2n) is 4.23. The lowest BCUT2D eigenvalue weighted by atomic mass is 10.2. The van der Waals surface area contributed by atoms with Gasteiger partial charge in [0.05, 0.1) is 12.2 Å². The second kappa shape index (κ2) is 8.63. The fraction of sp³-hybridized carbons (Fsp3) is 0.357. The van der Waals surface area contributed by atoms with Crippen molar-refractivity contribution in [2.24, 2.45) is 0 Å². The van der Waals surface area contributed by atoms with Crippen LogP contribution in [0.1, 0.15) is 29.6 Å².